The van der Waals surface area contributed by atoms with Gasteiger partial charge >= 0.3 is 6.03 Å². The van der Waals surface area contributed by atoms with Crippen LogP contribution in [-0.4, -0.2) is 67.6 Å². The van der Waals surface area contributed by atoms with Gasteiger partial charge in [-0.15, -0.1) is 0 Å². The van der Waals surface area contributed by atoms with Gasteiger partial charge in [-0.1, -0.05) is 18.2 Å². The second kappa shape index (κ2) is 8.84. The molecule has 3 aliphatic heterocycles. The van der Waals surface area contributed by atoms with E-state index in [1.54, 1.807) is 0 Å². The lowest BCUT2D eigenvalue weighted by molar-refractivity contribution is -0.135. The molecule has 0 aromatic heterocycles. The zero-order valence-corrected chi connectivity index (χ0v) is 16.7. The summed E-state index contributed by atoms with van der Waals surface area (Å²) in [5.41, 5.74) is 1.26. The van der Waals surface area contributed by atoms with Gasteiger partial charge in [-0.05, 0) is 50.2 Å². The van der Waals surface area contributed by atoms with Crippen LogP contribution in [0.4, 0.5) is 10.5 Å². The van der Waals surface area contributed by atoms with E-state index < -0.39 is 0 Å². The Kier molecular flexibility index (Phi) is 6.03. The van der Waals surface area contributed by atoms with Gasteiger partial charge in [0.2, 0.25) is 5.91 Å². The highest BCUT2D eigenvalue weighted by molar-refractivity contribution is 5.80. The fourth-order valence-electron chi connectivity index (χ4n) is 4.74. The summed E-state index contributed by atoms with van der Waals surface area (Å²) in [5, 5.41) is 3.13. The van der Waals surface area contributed by atoms with Crippen molar-refractivity contribution < 1.29 is 9.59 Å². The van der Waals surface area contributed by atoms with Crippen LogP contribution in [0.3, 0.4) is 0 Å². The van der Waals surface area contributed by atoms with E-state index in [0.717, 1.165) is 64.8 Å². The van der Waals surface area contributed by atoms with Crippen molar-refractivity contribution in [2.24, 2.45) is 11.8 Å². The van der Waals surface area contributed by atoms with Crippen LogP contribution in [-0.2, 0) is 4.79 Å². The van der Waals surface area contributed by atoms with E-state index in [-0.39, 0.29) is 11.9 Å². The van der Waals surface area contributed by atoms with Crippen molar-refractivity contribution in [3.63, 3.8) is 0 Å². The monoisotopic (exact) mass is 384 g/mol. The molecule has 1 aromatic carbocycles. The summed E-state index contributed by atoms with van der Waals surface area (Å²) in [5.74, 6) is 0.916. The lowest BCUT2D eigenvalue weighted by Gasteiger charge is -2.33. The van der Waals surface area contributed by atoms with Crippen molar-refractivity contribution in [1.82, 2.24) is 15.1 Å². The first-order valence-corrected chi connectivity index (χ1v) is 10.8. The molecule has 28 heavy (non-hydrogen) atoms. The van der Waals surface area contributed by atoms with Crippen molar-refractivity contribution in [2.45, 2.75) is 32.1 Å². The minimum absolute atomic E-state index is 0.0326. The second-order valence-electron chi connectivity index (χ2n) is 8.42. The minimum Gasteiger partial charge on any atom is -0.371 e. The van der Waals surface area contributed by atoms with Gasteiger partial charge in [0.1, 0.15) is 0 Å². The van der Waals surface area contributed by atoms with E-state index in [4.69, 9.17) is 0 Å². The summed E-state index contributed by atoms with van der Waals surface area (Å²) < 4.78 is 0. The summed E-state index contributed by atoms with van der Waals surface area (Å²) in [6.45, 7) is 6.00. The van der Waals surface area contributed by atoms with Crippen LogP contribution in [0.5, 0.6) is 0 Å². The molecule has 3 fully saturated rings. The largest absolute Gasteiger partial charge is 0.371 e. The maximum absolute atomic E-state index is 12.5. The molecule has 1 atom stereocenters. The Morgan fingerprint density at radius 1 is 0.893 bits per heavy atom. The van der Waals surface area contributed by atoms with Crippen molar-refractivity contribution in [1.29, 1.82) is 0 Å². The number of anilines is 1. The SMILES string of the molecule is O=C(NCC1CCN(c2ccccc2)C1)N1CCC(C(=O)N2CCCC2)CC1. The Morgan fingerprint density at radius 2 is 1.61 bits per heavy atom. The van der Waals surface area contributed by atoms with E-state index in [1.165, 1.54) is 5.69 Å². The van der Waals surface area contributed by atoms with E-state index >= 15 is 0 Å². The third-order valence-electron chi connectivity index (χ3n) is 6.50. The van der Waals surface area contributed by atoms with Crippen molar-refractivity contribution in [3.05, 3.63) is 30.3 Å². The quantitative estimate of drug-likeness (QED) is 0.868. The molecule has 3 saturated heterocycles. The second-order valence-corrected chi connectivity index (χ2v) is 8.42. The fraction of sp³-hybridized carbons (Fsp3) is 0.636. The highest BCUT2D eigenvalue weighted by atomic mass is 16.2. The number of benzene rings is 1. The van der Waals surface area contributed by atoms with Crippen LogP contribution in [0.25, 0.3) is 0 Å². The van der Waals surface area contributed by atoms with Gasteiger partial charge in [0.05, 0.1) is 0 Å². The standard InChI is InChI=1S/C22H32N4O2/c27-21(24-11-4-5-12-24)19-9-14-25(15-10-19)22(28)23-16-18-8-13-26(17-18)20-6-2-1-3-7-20/h1-3,6-7,18-19H,4-5,8-17H2,(H,23,28). The Bertz CT molecular complexity index is 666. The lowest BCUT2D eigenvalue weighted by Crippen LogP contribution is -2.48. The minimum atomic E-state index is 0.0326. The Hall–Kier alpha value is -2.24. The molecule has 0 spiro atoms. The van der Waals surface area contributed by atoms with Crippen molar-refractivity contribution in [2.75, 3.05) is 50.7 Å². The van der Waals surface area contributed by atoms with Gasteiger partial charge < -0.3 is 20.0 Å². The molecule has 0 radical (unpaired) electrons. The van der Waals surface area contributed by atoms with Crippen LogP contribution in [0, 0.1) is 11.8 Å². The average Bonchev–Trinajstić information content (AvgIpc) is 3.44. The zero-order chi connectivity index (χ0) is 19.3. The molecule has 152 valence electrons. The summed E-state index contributed by atoms with van der Waals surface area (Å²) >= 11 is 0. The number of likely N-dealkylation sites (tertiary alicyclic amines) is 2. The van der Waals surface area contributed by atoms with E-state index in [9.17, 15) is 9.59 Å². The van der Waals surface area contributed by atoms with Crippen LogP contribution >= 0.6 is 0 Å². The number of para-hydroxylation sites is 1. The maximum Gasteiger partial charge on any atom is 0.317 e. The number of carbonyl (C=O) groups is 2. The molecule has 3 aliphatic rings. The number of rotatable bonds is 4. The third-order valence-corrected chi connectivity index (χ3v) is 6.50. The number of piperidine rings is 1. The molecule has 1 N–H and O–H groups in total. The van der Waals surface area contributed by atoms with E-state index in [2.05, 4.69) is 34.5 Å². The third kappa shape index (κ3) is 4.42. The molecule has 4 rings (SSSR count). The topological polar surface area (TPSA) is 55.9 Å². The van der Waals surface area contributed by atoms with Gasteiger partial charge in [0, 0.05) is 57.4 Å². The van der Waals surface area contributed by atoms with Crippen LogP contribution in [0.15, 0.2) is 30.3 Å². The number of nitrogens with zero attached hydrogens (tertiary/aromatic N) is 3. The normalized spacial score (nSPS) is 23.3. The molecule has 6 heteroatoms. The smallest absolute Gasteiger partial charge is 0.317 e. The number of carbonyl (C=O) groups excluding carboxylic acids is 2. The molecule has 1 aromatic rings. The van der Waals surface area contributed by atoms with Crippen LogP contribution in [0.1, 0.15) is 32.1 Å². The highest BCUT2D eigenvalue weighted by Crippen LogP contribution is 2.24. The first-order chi connectivity index (χ1) is 13.7. The number of hydrogen-bond acceptors (Lipinski definition) is 3. The van der Waals surface area contributed by atoms with Crippen molar-refractivity contribution >= 4 is 17.6 Å². The molecule has 0 bridgehead atoms. The van der Waals surface area contributed by atoms with E-state index in [1.807, 2.05) is 15.9 Å². The van der Waals surface area contributed by atoms with Gasteiger partial charge in [0.25, 0.3) is 0 Å². The molecule has 0 aliphatic carbocycles. The van der Waals surface area contributed by atoms with Gasteiger partial charge in [-0.2, -0.15) is 0 Å². The Morgan fingerprint density at radius 3 is 2.32 bits per heavy atom. The first-order valence-electron chi connectivity index (χ1n) is 10.8. The number of amides is 3. The maximum atomic E-state index is 12.5. The molecule has 3 amide bonds. The van der Waals surface area contributed by atoms with Gasteiger partial charge in [-0.3, -0.25) is 4.79 Å². The molecule has 1 unspecified atom stereocenters. The first kappa shape index (κ1) is 19.1. The van der Waals surface area contributed by atoms with Crippen LogP contribution in [0.2, 0.25) is 0 Å². The van der Waals surface area contributed by atoms with Crippen LogP contribution < -0.4 is 10.2 Å². The molecular formula is C22H32N4O2. The Labute approximate surface area is 167 Å². The number of hydrogen-bond donors (Lipinski definition) is 1. The molecule has 3 heterocycles. The highest BCUT2D eigenvalue weighted by Gasteiger charge is 2.31. The fourth-order valence-corrected chi connectivity index (χ4v) is 4.74. The van der Waals surface area contributed by atoms with Crippen molar-refractivity contribution in [3.8, 4) is 0 Å². The lowest BCUT2D eigenvalue weighted by atomic mass is 9.95. The number of nitrogens with one attached hydrogen (secondary N) is 1. The number of urea groups is 1. The molecule has 0 saturated carbocycles. The summed E-state index contributed by atoms with van der Waals surface area (Å²) in [6, 6.07) is 10.5. The predicted molar refractivity (Wildman–Crippen MR) is 110 cm³/mol. The van der Waals surface area contributed by atoms with E-state index in [0.29, 0.717) is 24.9 Å². The van der Waals surface area contributed by atoms with Gasteiger partial charge in [-0.25, -0.2) is 4.79 Å². The zero-order valence-electron chi connectivity index (χ0n) is 16.7. The summed E-state index contributed by atoms with van der Waals surface area (Å²) in [4.78, 5) is 31.4. The molecular weight excluding hydrogens is 352 g/mol. The Balaban J connectivity index is 1.18. The summed E-state index contributed by atoms with van der Waals surface area (Å²) in [7, 11) is 0. The van der Waals surface area contributed by atoms with Gasteiger partial charge in [0.15, 0.2) is 0 Å². The summed E-state index contributed by atoms with van der Waals surface area (Å²) in [6.07, 6.45) is 4.98. The molecule has 6 nitrogen and oxygen atoms in total. The predicted octanol–water partition coefficient (Wildman–Crippen LogP) is 2.56. The average molecular weight is 385 g/mol.